The molecule has 0 spiro atoms. The topological polar surface area (TPSA) is 34.0 Å². The maximum absolute atomic E-state index is 13.9. The number of rotatable bonds is 3. The van der Waals surface area contributed by atoms with E-state index in [0.29, 0.717) is 12.1 Å². The lowest BCUT2D eigenvalue weighted by atomic mass is 9.88. The Labute approximate surface area is 166 Å². The molecule has 1 N–H and O–H groups in total. The molecule has 0 bridgehead atoms. The van der Waals surface area contributed by atoms with Gasteiger partial charge in [-0.2, -0.15) is 0 Å². The number of anilines is 1. The van der Waals surface area contributed by atoms with Gasteiger partial charge >= 0.3 is 0 Å². The Morgan fingerprint density at radius 1 is 0.966 bits per heavy atom. The van der Waals surface area contributed by atoms with E-state index in [0.717, 1.165) is 33.8 Å². The molecule has 1 aliphatic heterocycles. The molecule has 3 aromatic carbocycles. The summed E-state index contributed by atoms with van der Waals surface area (Å²) in [4.78, 5) is 12.5. The molecule has 1 aromatic heterocycles. The van der Waals surface area contributed by atoms with Crippen LogP contribution in [-0.2, 0) is 11.3 Å². The van der Waals surface area contributed by atoms with E-state index < -0.39 is 11.6 Å². The van der Waals surface area contributed by atoms with E-state index in [1.165, 1.54) is 6.07 Å². The van der Waals surface area contributed by atoms with Gasteiger partial charge in [-0.3, -0.25) is 4.79 Å². The van der Waals surface area contributed by atoms with Crippen LogP contribution in [0.25, 0.3) is 10.9 Å². The molecule has 1 atom stereocenters. The van der Waals surface area contributed by atoms with Crippen molar-refractivity contribution in [2.75, 3.05) is 5.32 Å². The van der Waals surface area contributed by atoms with Crippen LogP contribution in [0.15, 0.2) is 72.9 Å². The molecule has 0 aliphatic carbocycles. The molecule has 5 heteroatoms. The van der Waals surface area contributed by atoms with Gasteiger partial charge in [-0.05, 0) is 41.0 Å². The summed E-state index contributed by atoms with van der Waals surface area (Å²) in [7, 11) is 0. The lowest BCUT2D eigenvalue weighted by Gasteiger charge is -2.14. The average Bonchev–Trinajstić information content (AvgIpc) is 3.01. The monoisotopic (exact) mass is 388 g/mol. The lowest BCUT2D eigenvalue weighted by Crippen LogP contribution is -2.14. The van der Waals surface area contributed by atoms with E-state index in [1.807, 2.05) is 42.6 Å². The van der Waals surface area contributed by atoms with Gasteiger partial charge in [-0.25, -0.2) is 8.78 Å². The Hall–Kier alpha value is -3.47. The van der Waals surface area contributed by atoms with Crippen LogP contribution < -0.4 is 5.32 Å². The molecule has 29 heavy (non-hydrogen) atoms. The van der Waals surface area contributed by atoms with E-state index >= 15 is 0 Å². The van der Waals surface area contributed by atoms with E-state index in [4.69, 9.17) is 0 Å². The van der Waals surface area contributed by atoms with Gasteiger partial charge < -0.3 is 9.88 Å². The summed E-state index contributed by atoms with van der Waals surface area (Å²) in [5, 5.41) is 3.92. The van der Waals surface area contributed by atoms with Crippen LogP contribution >= 0.6 is 0 Å². The number of benzene rings is 3. The predicted molar refractivity (Wildman–Crippen MR) is 109 cm³/mol. The molecule has 144 valence electrons. The molecular formula is C24H18F2N2O. The summed E-state index contributed by atoms with van der Waals surface area (Å²) in [5.41, 5.74) is 4.44. The molecule has 0 unspecified atom stereocenters. The van der Waals surface area contributed by atoms with Gasteiger partial charge in [0.25, 0.3) is 0 Å². The standard InChI is InChI=1S/C24H18F2N2O/c25-19-10-9-16(11-20(19)26)17-12-23(29)27-21-7-4-8-22-24(21)18(17)14-28(22)13-15-5-2-1-3-6-15/h1-11,14,17H,12-13H2,(H,27,29)/t17-/m1/s1. The van der Waals surface area contributed by atoms with Crippen molar-refractivity contribution in [2.45, 2.75) is 18.9 Å². The normalized spacial score (nSPS) is 15.9. The van der Waals surface area contributed by atoms with E-state index in [-0.39, 0.29) is 18.2 Å². The number of halogens is 2. The van der Waals surface area contributed by atoms with Crippen molar-refractivity contribution in [1.29, 1.82) is 0 Å². The molecule has 0 saturated carbocycles. The molecule has 5 rings (SSSR count). The molecule has 0 saturated heterocycles. The van der Waals surface area contributed by atoms with Gasteiger partial charge in [0.15, 0.2) is 11.6 Å². The minimum absolute atomic E-state index is 0.141. The molecular weight excluding hydrogens is 370 g/mol. The van der Waals surface area contributed by atoms with Crippen LogP contribution in [0.1, 0.15) is 29.0 Å². The highest BCUT2D eigenvalue weighted by Crippen LogP contribution is 2.41. The second kappa shape index (κ2) is 6.85. The zero-order chi connectivity index (χ0) is 20.0. The van der Waals surface area contributed by atoms with Gasteiger partial charge in [0, 0.05) is 30.5 Å². The summed E-state index contributed by atoms with van der Waals surface area (Å²) in [6, 6.07) is 19.8. The van der Waals surface area contributed by atoms with Crippen molar-refractivity contribution < 1.29 is 13.6 Å². The highest BCUT2D eigenvalue weighted by atomic mass is 19.2. The molecule has 1 aliphatic rings. The predicted octanol–water partition coefficient (Wildman–Crippen LogP) is 5.44. The van der Waals surface area contributed by atoms with Crippen LogP contribution in [-0.4, -0.2) is 10.5 Å². The number of nitrogens with zero attached hydrogens (tertiary/aromatic N) is 1. The van der Waals surface area contributed by atoms with Crippen molar-refractivity contribution >= 4 is 22.5 Å². The molecule has 0 radical (unpaired) electrons. The first kappa shape index (κ1) is 17.6. The van der Waals surface area contributed by atoms with Crippen molar-refractivity contribution in [3.05, 3.63) is 101 Å². The zero-order valence-electron chi connectivity index (χ0n) is 15.5. The van der Waals surface area contributed by atoms with Crippen molar-refractivity contribution in [1.82, 2.24) is 4.57 Å². The minimum Gasteiger partial charge on any atom is -0.343 e. The summed E-state index contributed by atoms with van der Waals surface area (Å²) in [6.07, 6.45) is 2.21. The Kier molecular flexibility index (Phi) is 4.16. The second-order valence-electron chi connectivity index (χ2n) is 7.38. The van der Waals surface area contributed by atoms with Crippen LogP contribution in [0.2, 0.25) is 0 Å². The van der Waals surface area contributed by atoms with E-state index in [9.17, 15) is 13.6 Å². The van der Waals surface area contributed by atoms with Crippen molar-refractivity contribution in [3.63, 3.8) is 0 Å². The number of carbonyl (C=O) groups is 1. The van der Waals surface area contributed by atoms with Crippen LogP contribution in [0.5, 0.6) is 0 Å². The first-order valence-electron chi connectivity index (χ1n) is 9.50. The fourth-order valence-corrected chi connectivity index (χ4v) is 4.19. The van der Waals surface area contributed by atoms with Gasteiger partial charge in [-0.15, -0.1) is 0 Å². The third-order valence-electron chi connectivity index (χ3n) is 5.52. The highest BCUT2D eigenvalue weighted by molar-refractivity contribution is 6.06. The van der Waals surface area contributed by atoms with Crippen molar-refractivity contribution in [2.24, 2.45) is 0 Å². The number of amides is 1. The summed E-state index contributed by atoms with van der Waals surface area (Å²) in [5.74, 6) is -2.29. The Bertz CT molecular complexity index is 1230. The molecule has 4 aromatic rings. The molecule has 1 amide bonds. The number of hydrogen-bond donors (Lipinski definition) is 1. The number of hydrogen-bond acceptors (Lipinski definition) is 1. The summed E-state index contributed by atoms with van der Waals surface area (Å²) < 4.78 is 29.6. The molecule has 2 heterocycles. The van der Waals surface area contributed by atoms with Crippen LogP contribution in [0.3, 0.4) is 0 Å². The van der Waals surface area contributed by atoms with Gasteiger partial charge in [0.05, 0.1) is 11.2 Å². The summed E-state index contributed by atoms with van der Waals surface area (Å²) in [6.45, 7) is 0.680. The fourth-order valence-electron chi connectivity index (χ4n) is 4.19. The lowest BCUT2D eigenvalue weighted by molar-refractivity contribution is -0.116. The van der Waals surface area contributed by atoms with Gasteiger partial charge in [0.1, 0.15) is 0 Å². The largest absolute Gasteiger partial charge is 0.343 e. The number of nitrogens with one attached hydrogen (secondary N) is 1. The third-order valence-corrected chi connectivity index (χ3v) is 5.52. The summed E-state index contributed by atoms with van der Waals surface area (Å²) >= 11 is 0. The highest BCUT2D eigenvalue weighted by Gasteiger charge is 2.28. The Balaban J connectivity index is 1.70. The second-order valence-corrected chi connectivity index (χ2v) is 7.38. The number of aromatic nitrogens is 1. The smallest absolute Gasteiger partial charge is 0.225 e. The minimum atomic E-state index is -0.902. The quantitative estimate of drug-likeness (QED) is 0.498. The Morgan fingerprint density at radius 2 is 1.79 bits per heavy atom. The average molecular weight is 388 g/mol. The van der Waals surface area contributed by atoms with Crippen molar-refractivity contribution in [3.8, 4) is 0 Å². The Morgan fingerprint density at radius 3 is 2.59 bits per heavy atom. The molecule has 0 fully saturated rings. The van der Waals surface area contributed by atoms with Crippen LogP contribution in [0.4, 0.5) is 14.5 Å². The zero-order valence-corrected chi connectivity index (χ0v) is 15.5. The van der Waals surface area contributed by atoms with Gasteiger partial charge in [-0.1, -0.05) is 42.5 Å². The fraction of sp³-hybridized carbons (Fsp3) is 0.125. The maximum Gasteiger partial charge on any atom is 0.225 e. The van der Waals surface area contributed by atoms with Gasteiger partial charge in [0.2, 0.25) is 5.91 Å². The van der Waals surface area contributed by atoms with E-state index in [2.05, 4.69) is 22.0 Å². The first-order chi connectivity index (χ1) is 14.1. The van der Waals surface area contributed by atoms with E-state index in [1.54, 1.807) is 6.07 Å². The third kappa shape index (κ3) is 3.09. The number of carbonyl (C=O) groups excluding carboxylic acids is 1. The molecule has 3 nitrogen and oxygen atoms in total. The van der Waals surface area contributed by atoms with Crippen LogP contribution in [0, 0.1) is 11.6 Å². The first-order valence-corrected chi connectivity index (χ1v) is 9.50. The maximum atomic E-state index is 13.9. The SMILES string of the molecule is O=C1C[C@H](c2ccc(F)c(F)c2)c2cn(Cc3ccccc3)c3cccc(c23)N1.